The predicted octanol–water partition coefficient (Wildman–Crippen LogP) is 1.92. The fourth-order valence-electron chi connectivity index (χ4n) is 2.58. The summed E-state index contributed by atoms with van der Waals surface area (Å²) in [5.74, 6) is -0.268. The lowest BCUT2D eigenvalue weighted by Crippen LogP contribution is -2.47. The monoisotopic (exact) mass is 264 g/mol. The zero-order valence-electron chi connectivity index (χ0n) is 11.7. The quantitative estimate of drug-likeness (QED) is 0.904. The maximum absolute atomic E-state index is 13.3. The van der Waals surface area contributed by atoms with E-state index in [0.29, 0.717) is 0 Å². The van der Waals surface area contributed by atoms with Crippen LogP contribution in [0.1, 0.15) is 25.8 Å². The maximum Gasteiger partial charge on any atom is 0.232 e. The van der Waals surface area contributed by atoms with Gasteiger partial charge in [-0.1, -0.05) is 12.1 Å². The molecule has 1 saturated heterocycles. The number of carbonyl (C=O) groups is 1. The predicted molar refractivity (Wildman–Crippen MR) is 73.5 cm³/mol. The summed E-state index contributed by atoms with van der Waals surface area (Å²) < 4.78 is 13.3. The Bertz CT molecular complexity index is 467. The van der Waals surface area contributed by atoms with E-state index in [1.54, 1.807) is 11.0 Å². The van der Waals surface area contributed by atoms with Crippen molar-refractivity contribution in [3.05, 3.63) is 35.6 Å². The van der Waals surface area contributed by atoms with E-state index in [2.05, 4.69) is 5.32 Å². The third kappa shape index (κ3) is 2.78. The topological polar surface area (TPSA) is 32.3 Å². The fourth-order valence-corrected chi connectivity index (χ4v) is 2.58. The van der Waals surface area contributed by atoms with Crippen molar-refractivity contribution < 1.29 is 9.18 Å². The third-order valence-electron chi connectivity index (χ3n) is 3.98. The number of carbonyl (C=O) groups excluding carboxylic acids is 1. The Hall–Kier alpha value is -1.42. The highest BCUT2D eigenvalue weighted by Crippen LogP contribution is 2.27. The van der Waals surface area contributed by atoms with Crippen LogP contribution in [0, 0.1) is 5.82 Å². The van der Waals surface area contributed by atoms with Crippen molar-refractivity contribution in [2.24, 2.45) is 0 Å². The minimum Gasteiger partial charge on any atom is -0.341 e. The number of likely N-dealkylation sites (N-methyl/N-ethyl adjacent to an activating group) is 1. The summed E-state index contributed by atoms with van der Waals surface area (Å²) in [6, 6.07) is 6.53. The van der Waals surface area contributed by atoms with E-state index in [9.17, 15) is 9.18 Å². The zero-order chi connectivity index (χ0) is 14.0. The number of hydrogen-bond acceptors (Lipinski definition) is 2. The van der Waals surface area contributed by atoms with E-state index in [-0.39, 0.29) is 17.8 Å². The molecule has 19 heavy (non-hydrogen) atoms. The molecular weight excluding hydrogens is 243 g/mol. The first-order chi connectivity index (χ1) is 8.93. The van der Waals surface area contributed by atoms with Gasteiger partial charge in [0.1, 0.15) is 5.82 Å². The van der Waals surface area contributed by atoms with E-state index < -0.39 is 5.41 Å². The van der Waals surface area contributed by atoms with Gasteiger partial charge in [-0.05, 0) is 44.5 Å². The van der Waals surface area contributed by atoms with Crippen molar-refractivity contribution in [1.29, 1.82) is 0 Å². The Morgan fingerprint density at radius 1 is 1.47 bits per heavy atom. The van der Waals surface area contributed by atoms with Gasteiger partial charge in [0.25, 0.3) is 0 Å². The van der Waals surface area contributed by atoms with E-state index in [0.717, 1.165) is 25.1 Å². The van der Waals surface area contributed by atoms with Gasteiger partial charge < -0.3 is 10.2 Å². The Morgan fingerprint density at radius 3 is 2.79 bits per heavy atom. The molecule has 104 valence electrons. The normalized spacial score (nSPS) is 19.5. The highest BCUT2D eigenvalue weighted by atomic mass is 19.1. The van der Waals surface area contributed by atoms with E-state index in [1.165, 1.54) is 12.1 Å². The minimum absolute atomic E-state index is 0.0341. The fraction of sp³-hybridized carbons (Fsp3) is 0.533. The molecule has 3 nitrogen and oxygen atoms in total. The summed E-state index contributed by atoms with van der Waals surface area (Å²) in [7, 11) is 1.83. The molecule has 0 radical (unpaired) electrons. The van der Waals surface area contributed by atoms with Gasteiger partial charge in [-0.3, -0.25) is 4.79 Å². The van der Waals surface area contributed by atoms with Crippen molar-refractivity contribution in [3.8, 4) is 0 Å². The van der Waals surface area contributed by atoms with Crippen LogP contribution in [0.3, 0.4) is 0 Å². The molecule has 1 fully saturated rings. The number of amides is 1. The minimum atomic E-state index is -0.709. The van der Waals surface area contributed by atoms with Crippen molar-refractivity contribution in [2.45, 2.75) is 31.7 Å². The second kappa shape index (κ2) is 5.29. The first kappa shape index (κ1) is 14.0. The SMILES string of the molecule is CN(C(=O)C(C)(C)c1cccc(F)c1)C1CCNC1. The van der Waals surface area contributed by atoms with Crippen LogP contribution in [0.5, 0.6) is 0 Å². The molecule has 0 saturated carbocycles. The molecule has 1 heterocycles. The van der Waals surface area contributed by atoms with Crippen LogP contribution in [0.2, 0.25) is 0 Å². The molecular formula is C15H21FN2O. The summed E-state index contributed by atoms with van der Waals surface area (Å²) in [5.41, 5.74) is 0.00899. The summed E-state index contributed by atoms with van der Waals surface area (Å²) in [4.78, 5) is 14.4. The van der Waals surface area contributed by atoms with Crippen molar-refractivity contribution in [1.82, 2.24) is 10.2 Å². The molecule has 1 aliphatic heterocycles. The van der Waals surface area contributed by atoms with Gasteiger partial charge in [0.2, 0.25) is 5.91 Å². The summed E-state index contributed by atoms with van der Waals surface area (Å²) in [5, 5.41) is 3.25. The molecule has 1 aliphatic rings. The number of nitrogens with zero attached hydrogens (tertiary/aromatic N) is 1. The molecule has 1 aromatic rings. The van der Waals surface area contributed by atoms with E-state index in [4.69, 9.17) is 0 Å². The van der Waals surface area contributed by atoms with Crippen LogP contribution in [0.4, 0.5) is 4.39 Å². The maximum atomic E-state index is 13.3. The van der Waals surface area contributed by atoms with Crippen LogP contribution in [0.15, 0.2) is 24.3 Å². The van der Waals surface area contributed by atoms with Gasteiger partial charge in [-0.15, -0.1) is 0 Å². The summed E-state index contributed by atoms with van der Waals surface area (Å²) in [6.45, 7) is 5.48. The van der Waals surface area contributed by atoms with Gasteiger partial charge >= 0.3 is 0 Å². The van der Waals surface area contributed by atoms with Crippen LogP contribution < -0.4 is 5.32 Å². The van der Waals surface area contributed by atoms with Gasteiger partial charge in [0.15, 0.2) is 0 Å². The van der Waals surface area contributed by atoms with E-state index >= 15 is 0 Å². The van der Waals surface area contributed by atoms with Gasteiger partial charge in [-0.25, -0.2) is 4.39 Å². The summed E-state index contributed by atoms with van der Waals surface area (Å²) >= 11 is 0. The smallest absolute Gasteiger partial charge is 0.232 e. The Morgan fingerprint density at radius 2 is 2.21 bits per heavy atom. The molecule has 4 heteroatoms. The van der Waals surface area contributed by atoms with Crippen LogP contribution in [-0.2, 0) is 10.2 Å². The first-order valence-electron chi connectivity index (χ1n) is 6.67. The van der Waals surface area contributed by atoms with Gasteiger partial charge in [0.05, 0.1) is 5.41 Å². The third-order valence-corrected chi connectivity index (χ3v) is 3.98. The molecule has 1 unspecified atom stereocenters. The number of rotatable bonds is 3. The zero-order valence-corrected chi connectivity index (χ0v) is 11.7. The van der Waals surface area contributed by atoms with Crippen molar-refractivity contribution >= 4 is 5.91 Å². The van der Waals surface area contributed by atoms with Crippen LogP contribution in [-0.4, -0.2) is 37.0 Å². The lowest BCUT2D eigenvalue weighted by molar-refractivity contribution is -0.136. The van der Waals surface area contributed by atoms with Gasteiger partial charge in [-0.2, -0.15) is 0 Å². The van der Waals surface area contributed by atoms with Crippen molar-refractivity contribution in [3.63, 3.8) is 0 Å². The largest absolute Gasteiger partial charge is 0.341 e. The van der Waals surface area contributed by atoms with Crippen molar-refractivity contribution in [2.75, 3.05) is 20.1 Å². The Balaban J connectivity index is 2.20. The van der Waals surface area contributed by atoms with E-state index in [1.807, 2.05) is 27.0 Å². The molecule has 1 N–H and O–H groups in total. The molecule has 0 bridgehead atoms. The number of hydrogen-bond donors (Lipinski definition) is 1. The average molecular weight is 264 g/mol. The number of halogens is 1. The molecule has 1 atom stereocenters. The van der Waals surface area contributed by atoms with Crippen LogP contribution in [0.25, 0.3) is 0 Å². The molecule has 0 spiro atoms. The first-order valence-corrected chi connectivity index (χ1v) is 6.67. The number of nitrogens with one attached hydrogen (secondary N) is 1. The highest BCUT2D eigenvalue weighted by molar-refractivity contribution is 5.87. The Labute approximate surface area is 113 Å². The van der Waals surface area contributed by atoms with Gasteiger partial charge in [0, 0.05) is 19.6 Å². The highest BCUT2D eigenvalue weighted by Gasteiger charge is 2.35. The lowest BCUT2D eigenvalue weighted by atomic mass is 9.83. The second-order valence-electron chi connectivity index (χ2n) is 5.70. The lowest BCUT2D eigenvalue weighted by Gasteiger charge is -2.33. The number of benzene rings is 1. The standard InChI is InChI=1S/C15H21FN2O/c1-15(2,11-5-4-6-12(16)9-11)14(19)18(3)13-7-8-17-10-13/h4-6,9,13,17H,7-8,10H2,1-3H3. The molecule has 0 aliphatic carbocycles. The molecule has 2 rings (SSSR count). The van der Waals surface area contributed by atoms with Crippen LogP contribution >= 0.6 is 0 Å². The molecule has 1 aromatic carbocycles. The molecule has 1 amide bonds. The molecule has 0 aromatic heterocycles. The average Bonchev–Trinajstić information content (AvgIpc) is 2.90. The summed E-state index contributed by atoms with van der Waals surface area (Å²) in [6.07, 6.45) is 0.974. The Kier molecular flexibility index (Phi) is 3.90. The second-order valence-corrected chi connectivity index (χ2v) is 5.70.